The number of benzene rings is 1. The van der Waals surface area contributed by atoms with E-state index in [0.29, 0.717) is 13.1 Å². The Morgan fingerprint density at radius 2 is 1.75 bits per heavy atom. The van der Waals surface area contributed by atoms with Crippen LogP contribution in [0.5, 0.6) is 0 Å². The van der Waals surface area contributed by atoms with E-state index < -0.39 is 10.0 Å². The van der Waals surface area contributed by atoms with Crippen LogP contribution < -0.4 is 4.90 Å². The summed E-state index contributed by atoms with van der Waals surface area (Å²) in [6.07, 6.45) is 1.67. The van der Waals surface area contributed by atoms with E-state index in [1.165, 1.54) is 11.3 Å². The molecule has 0 atom stereocenters. The Hall–Kier alpha value is -1.07. The molecular weight excluding hydrogens is 272 g/mol. The maximum Gasteiger partial charge on any atom is 0.214 e. The van der Waals surface area contributed by atoms with Crippen LogP contribution in [0.25, 0.3) is 0 Å². The summed E-state index contributed by atoms with van der Waals surface area (Å²) in [6.45, 7) is 6.86. The first-order valence-corrected chi connectivity index (χ1v) is 8.94. The molecule has 1 aliphatic heterocycles. The number of piperazine rings is 1. The summed E-state index contributed by atoms with van der Waals surface area (Å²) in [5.41, 5.74) is 2.47. The average molecular weight is 296 g/mol. The van der Waals surface area contributed by atoms with Crippen molar-refractivity contribution in [3.05, 3.63) is 29.8 Å². The molecule has 112 valence electrons. The van der Waals surface area contributed by atoms with Crippen molar-refractivity contribution in [2.24, 2.45) is 0 Å². The van der Waals surface area contributed by atoms with E-state index in [4.69, 9.17) is 0 Å². The van der Waals surface area contributed by atoms with Gasteiger partial charge in [0.1, 0.15) is 0 Å². The number of sulfonamides is 1. The summed E-state index contributed by atoms with van der Waals surface area (Å²) in [4.78, 5) is 2.28. The third-order valence-electron chi connectivity index (χ3n) is 3.84. The molecule has 0 radical (unpaired) electrons. The van der Waals surface area contributed by atoms with Crippen LogP contribution in [0.3, 0.4) is 0 Å². The summed E-state index contributed by atoms with van der Waals surface area (Å²) in [6, 6.07) is 8.27. The van der Waals surface area contributed by atoms with E-state index in [0.717, 1.165) is 25.9 Å². The fourth-order valence-electron chi connectivity index (χ4n) is 2.58. The molecule has 1 aromatic rings. The monoisotopic (exact) mass is 296 g/mol. The Labute approximate surface area is 122 Å². The zero-order chi connectivity index (χ0) is 14.6. The zero-order valence-corrected chi connectivity index (χ0v) is 13.2. The van der Waals surface area contributed by atoms with Crippen molar-refractivity contribution in [3.63, 3.8) is 0 Å². The first-order chi connectivity index (χ1) is 9.54. The highest BCUT2D eigenvalue weighted by molar-refractivity contribution is 7.89. The maximum absolute atomic E-state index is 12.2. The summed E-state index contributed by atoms with van der Waals surface area (Å²) >= 11 is 0. The van der Waals surface area contributed by atoms with E-state index in [-0.39, 0.29) is 5.75 Å². The molecule has 0 aromatic heterocycles. The molecule has 0 aliphatic carbocycles. The van der Waals surface area contributed by atoms with Crippen molar-refractivity contribution in [1.82, 2.24) is 4.31 Å². The summed E-state index contributed by atoms with van der Waals surface area (Å²) in [5, 5.41) is 0. The van der Waals surface area contributed by atoms with Gasteiger partial charge in [0.05, 0.1) is 5.75 Å². The van der Waals surface area contributed by atoms with Crippen LogP contribution in [0.2, 0.25) is 0 Å². The molecule has 0 unspecified atom stereocenters. The Balaban J connectivity index is 1.98. The van der Waals surface area contributed by atoms with Crippen LogP contribution in [-0.4, -0.2) is 44.7 Å². The van der Waals surface area contributed by atoms with Gasteiger partial charge in [-0.1, -0.05) is 31.5 Å². The second-order valence-electron chi connectivity index (χ2n) is 5.34. The predicted molar refractivity (Wildman–Crippen MR) is 83.7 cm³/mol. The lowest BCUT2D eigenvalue weighted by atomic mass is 10.1. The van der Waals surface area contributed by atoms with E-state index in [1.54, 1.807) is 4.31 Å². The lowest BCUT2D eigenvalue weighted by Gasteiger charge is -2.36. The summed E-state index contributed by atoms with van der Waals surface area (Å²) in [7, 11) is -3.05. The van der Waals surface area contributed by atoms with Crippen LogP contribution in [0.4, 0.5) is 5.69 Å². The fourth-order valence-corrected chi connectivity index (χ4v) is 4.21. The normalized spacial score (nSPS) is 17.4. The SMILES string of the molecule is CCCCS(=O)(=O)N1CCN(c2ccccc2C)CC1. The van der Waals surface area contributed by atoms with Gasteiger partial charge >= 0.3 is 0 Å². The number of rotatable bonds is 5. The number of hydrogen-bond donors (Lipinski definition) is 0. The Kier molecular flexibility index (Phi) is 5.05. The number of aryl methyl sites for hydroxylation is 1. The molecule has 1 aromatic carbocycles. The zero-order valence-electron chi connectivity index (χ0n) is 12.4. The van der Waals surface area contributed by atoms with E-state index in [1.807, 2.05) is 19.1 Å². The Bertz CT molecular complexity index is 535. The molecule has 0 bridgehead atoms. The smallest absolute Gasteiger partial charge is 0.214 e. The molecule has 20 heavy (non-hydrogen) atoms. The number of nitrogens with zero attached hydrogens (tertiary/aromatic N) is 2. The molecule has 0 saturated carbocycles. The minimum absolute atomic E-state index is 0.286. The number of anilines is 1. The highest BCUT2D eigenvalue weighted by Gasteiger charge is 2.26. The third kappa shape index (κ3) is 3.52. The summed E-state index contributed by atoms with van der Waals surface area (Å²) < 4.78 is 26.0. The molecule has 0 N–H and O–H groups in total. The number of para-hydroxylation sites is 1. The lowest BCUT2D eigenvalue weighted by Crippen LogP contribution is -2.49. The van der Waals surface area contributed by atoms with Gasteiger partial charge in [0.2, 0.25) is 10.0 Å². The van der Waals surface area contributed by atoms with Gasteiger partial charge in [-0.05, 0) is 25.0 Å². The molecule has 4 nitrogen and oxygen atoms in total. The van der Waals surface area contributed by atoms with Gasteiger partial charge < -0.3 is 4.90 Å². The van der Waals surface area contributed by atoms with Gasteiger partial charge in [-0.25, -0.2) is 8.42 Å². The maximum atomic E-state index is 12.2. The number of unbranched alkanes of at least 4 members (excludes halogenated alkanes) is 1. The van der Waals surface area contributed by atoms with Crippen molar-refractivity contribution >= 4 is 15.7 Å². The first kappa shape index (κ1) is 15.3. The second kappa shape index (κ2) is 6.59. The van der Waals surface area contributed by atoms with Crippen molar-refractivity contribution in [2.75, 3.05) is 36.8 Å². The largest absolute Gasteiger partial charge is 0.369 e. The van der Waals surface area contributed by atoms with Gasteiger partial charge in [0.15, 0.2) is 0 Å². The molecule has 0 amide bonds. The van der Waals surface area contributed by atoms with E-state index in [9.17, 15) is 8.42 Å². The first-order valence-electron chi connectivity index (χ1n) is 7.33. The predicted octanol–water partition coefficient (Wildman–Crippen LogP) is 2.25. The van der Waals surface area contributed by atoms with Crippen LogP contribution >= 0.6 is 0 Å². The number of hydrogen-bond acceptors (Lipinski definition) is 3. The quantitative estimate of drug-likeness (QED) is 0.837. The molecular formula is C15H24N2O2S. The topological polar surface area (TPSA) is 40.6 Å². The van der Waals surface area contributed by atoms with Crippen molar-refractivity contribution in [3.8, 4) is 0 Å². The van der Waals surface area contributed by atoms with Gasteiger partial charge in [0, 0.05) is 31.9 Å². The van der Waals surface area contributed by atoms with Crippen LogP contribution in [0.15, 0.2) is 24.3 Å². The standard InChI is InChI=1S/C15H24N2O2S/c1-3-4-13-20(18,19)17-11-9-16(10-12-17)15-8-6-5-7-14(15)2/h5-8H,3-4,9-13H2,1-2H3. The van der Waals surface area contributed by atoms with Gasteiger partial charge in [-0.15, -0.1) is 0 Å². The Morgan fingerprint density at radius 3 is 2.35 bits per heavy atom. The fraction of sp³-hybridized carbons (Fsp3) is 0.600. The molecule has 1 saturated heterocycles. The average Bonchev–Trinajstić information content (AvgIpc) is 2.46. The molecule has 1 aliphatic rings. The van der Waals surface area contributed by atoms with E-state index in [2.05, 4.69) is 24.0 Å². The van der Waals surface area contributed by atoms with Gasteiger partial charge in [0.25, 0.3) is 0 Å². The lowest BCUT2D eigenvalue weighted by molar-refractivity contribution is 0.384. The Morgan fingerprint density at radius 1 is 1.10 bits per heavy atom. The van der Waals surface area contributed by atoms with Crippen LogP contribution in [0, 0.1) is 6.92 Å². The van der Waals surface area contributed by atoms with Gasteiger partial charge in [-0.3, -0.25) is 0 Å². The molecule has 5 heteroatoms. The van der Waals surface area contributed by atoms with Crippen molar-refractivity contribution < 1.29 is 8.42 Å². The van der Waals surface area contributed by atoms with Crippen LogP contribution in [-0.2, 0) is 10.0 Å². The summed E-state index contributed by atoms with van der Waals surface area (Å²) in [5.74, 6) is 0.286. The van der Waals surface area contributed by atoms with Gasteiger partial charge in [-0.2, -0.15) is 4.31 Å². The highest BCUT2D eigenvalue weighted by Crippen LogP contribution is 2.21. The van der Waals surface area contributed by atoms with Crippen molar-refractivity contribution in [1.29, 1.82) is 0 Å². The van der Waals surface area contributed by atoms with E-state index >= 15 is 0 Å². The highest BCUT2D eigenvalue weighted by atomic mass is 32.2. The molecule has 1 heterocycles. The van der Waals surface area contributed by atoms with Crippen LogP contribution in [0.1, 0.15) is 25.3 Å². The minimum atomic E-state index is -3.05. The minimum Gasteiger partial charge on any atom is -0.369 e. The molecule has 0 spiro atoms. The second-order valence-corrected chi connectivity index (χ2v) is 7.43. The third-order valence-corrected chi connectivity index (χ3v) is 5.80. The van der Waals surface area contributed by atoms with Crippen molar-refractivity contribution in [2.45, 2.75) is 26.7 Å². The molecule has 1 fully saturated rings. The molecule has 2 rings (SSSR count).